The van der Waals surface area contributed by atoms with E-state index in [1.54, 1.807) is 0 Å². The third kappa shape index (κ3) is 3.96. The van der Waals surface area contributed by atoms with E-state index in [4.69, 9.17) is 9.47 Å². The van der Waals surface area contributed by atoms with E-state index in [1.807, 2.05) is 37.3 Å². The Hall–Kier alpha value is -1.55. The Balaban J connectivity index is 1.87. The molecule has 104 valence electrons. The van der Waals surface area contributed by atoms with Gasteiger partial charge in [-0.1, -0.05) is 18.2 Å². The van der Waals surface area contributed by atoms with Gasteiger partial charge in [-0.3, -0.25) is 10.1 Å². The number of carbonyl (C=O) groups excluding carboxylic acids is 1. The molecule has 1 aromatic rings. The largest absolute Gasteiger partial charge is 0.494 e. The average molecular weight is 263 g/mol. The first-order chi connectivity index (χ1) is 9.14. The maximum absolute atomic E-state index is 11.9. The normalized spacial score (nSPS) is 17.6. The van der Waals surface area contributed by atoms with Gasteiger partial charge in [-0.05, 0) is 31.9 Å². The lowest BCUT2D eigenvalue weighted by molar-refractivity contribution is -0.148. The lowest BCUT2D eigenvalue weighted by Gasteiger charge is -2.28. The first-order valence-corrected chi connectivity index (χ1v) is 6.68. The van der Waals surface area contributed by atoms with Crippen molar-refractivity contribution in [3.8, 4) is 5.75 Å². The minimum absolute atomic E-state index is 0.226. The van der Waals surface area contributed by atoms with E-state index in [1.165, 1.54) is 7.11 Å². The van der Waals surface area contributed by atoms with Crippen LogP contribution in [0.4, 0.5) is 0 Å². The van der Waals surface area contributed by atoms with Gasteiger partial charge in [0.1, 0.15) is 11.3 Å². The summed E-state index contributed by atoms with van der Waals surface area (Å²) < 4.78 is 10.5. The maximum Gasteiger partial charge on any atom is 0.325 e. The van der Waals surface area contributed by atoms with Gasteiger partial charge in [0.05, 0.1) is 13.7 Å². The molecule has 1 aliphatic carbocycles. The molecule has 4 heteroatoms. The van der Waals surface area contributed by atoms with Crippen LogP contribution < -0.4 is 10.1 Å². The highest BCUT2D eigenvalue weighted by molar-refractivity contribution is 5.80. The number of benzene rings is 1. The van der Waals surface area contributed by atoms with Gasteiger partial charge in [-0.15, -0.1) is 0 Å². The van der Waals surface area contributed by atoms with E-state index in [-0.39, 0.29) is 5.97 Å². The van der Waals surface area contributed by atoms with Crippen LogP contribution >= 0.6 is 0 Å². The van der Waals surface area contributed by atoms with Crippen LogP contribution in [-0.2, 0) is 9.53 Å². The van der Waals surface area contributed by atoms with Crippen molar-refractivity contribution in [2.24, 2.45) is 0 Å². The molecule has 2 rings (SSSR count). The molecule has 19 heavy (non-hydrogen) atoms. The standard InChI is InChI=1S/C15H21NO3/c1-15(14(17)18-2,16-12-8-9-12)10-11-19-13-6-4-3-5-7-13/h3-7,12,16H,8-11H2,1-2H3. The van der Waals surface area contributed by atoms with Crippen LogP contribution in [0.15, 0.2) is 30.3 Å². The molecule has 1 N–H and O–H groups in total. The van der Waals surface area contributed by atoms with Gasteiger partial charge in [0.25, 0.3) is 0 Å². The highest BCUT2D eigenvalue weighted by atomic mass is 16.5. The Morgan fingerprint density at radius 1 is 1.37 bits per heavy atom. The number of para-hydroxylation sites is 1. The summed E-state index contributed by atoms with van der Waals surface area (Å²) >= 11 is 0. The Kier molecular flexibility index (Phi) is 4.43. The number of ether oxygens (including phenoxy) is 2. The first-order valence-electron chi connectivity index (χ1n) is 6.68. The first kappa shape index (κ1) is 13.9. The Bertz CT molecular complexity index is 417. The van der Waals surface area contributed by atoms with Gasteiger partial charge in [0.15, 0.2) is 0 Å². The predicted molar refractivity (Wildman–Crippen MR) is 73.1 cm³/mol. The number of methoxy groups -OCH3 is 1. The summed E-state index contributed by atoms with van der Waals surface area (Å²) in [6, 6.07) is 10.1. The van der Waals surface area contributed by atoms with E-state index < -0.39 is 5.54 Å². The fourth-order valence-corrected chi connectivity index (χ4v) is 2.03. The monoisotopic (exact) mass is 263 g/mol. The van der Waals surface area contributed by atoms with Crippen molar-refractivity contribution in [3.63, 3.8) is 0 Å². The molecule has 1 atom stereocenters. The number of nitrogens with one attached hydrogen (secondary N) is 1. The molecule has 1 aromatic carbocycles. The zero-order valence-electron chi connectivity index (χ0n) is 11.5. The molecule has 0 saturated heterocycles. The number of carbonyl (C=O) groups is 1. The molecule has 1 unspecified atom stereocenters. The zero-order chi connectivity index (χ0) is 13.7. The summed E-state index contributed by atoms with van der Waals surface area (Å²) in [4.78, 5) is 11.9. The molecule has 1 fully saturated rings. The van der Waals surface area contributed by atoms with Gasteiger partial charge >= 0.3 is 5.97 Å². The van der Waals surface area contributed by atoms with Crippen molar-refractivity contribution in [1.82, 2.24) is 5.32 Å². The second kappa shape index (κ2) is 6.06. The number of esters is 1. The number of rotatable bonds is 7. The second-order valence-corrected chi connectivity index (χ2v) is 5.15. The van der Waals surface area contributed by atoms with Crippen molar-refractivity contribution in [3.05, 3.63) is 30.3 Å². The molecule has 1 aliphatic rings. The summed E-state index contributed by atoms with van der Waals surface area (Å²) in [5, 5.41) is 3.35. The van der Waals surface area contributed by atoms with Gasteiger partial charge in [0.2, 0.25) is 0 Å². The number of hydrogen-bond donors (Lipinski definition) is 1. The van der Waals surface area contributed by atoms with Crippen molar-refractivity contribution >= 4 is 5.97 Å². The molecule has 0 aliphatic heterocycles. The van der Waals surface area contributed by atoms with Crippen molar-refractivity contribution < 1.29 is 14.3 Å². The second-order valence-electron chi connectivity index (χ2n) is 5.15. The van der Waals surface area contributed by atoms with Crippen LogP contribution in [0.2, 0.25) is 0 Å². The third-order valence-electron chi connectivity index (χ3n) is 3.35. The van der Waals surface area contributed by atoms with Gasteiger partial charge in [-0.25, -0.2) is 0 Å². The van der Waals surface area contributed by atoms with Crippen LogP contribution in [0, 0.1) is 0 Å². The van der Waals surface area contributed by atoms with Gasteiger partial charge in [-0.2, -0.15) is 0 Å². The van der Waals surface area contributed by atoms with Crippen LogP contribution in [-0.4, -0.2) is 31.3 Å². The van der Waals surface area contributed by atoms with Gasteiger partial charge < -0.3 is 9.47 Å². The van der Waals surface area contributed by atoms with Crippen LogP contribution in [0.25, 0.3) is 0 Å². The smallest absolute Gasteiger partial charge is 0.325 e. The Morgan fingerprint density at radius 3 is 2.63 bits per heavy atom. The molecule has 0 heterocycles. The van der Waals surface area contributed by atoms with Crippen LogP contribution in [0.5, 0.6) is 5.75 Å². The predicted octanol–water partition coefficient (Wildman–Crippen LogP) is 2.14. The van der Waals surface area contributed by atoms with E-state index in [0.29, 0.717) is 19.1 Å². The maximum atomic E-state index is 11.9. The fraction of sp³-hybridized carbons (Fsp3) is 0.533. The van der Waals surface area contributed by atoms with E-state index >= 15 is 0 Å². The molecule has 0 spiro atoms. The van der Waals surface area contributed by atoms with Crippen molar-refractivity contribution in [2.75, 3.05) is 13.7 Å². The van der Waals surface area contributed by atoms with E-state index in [9.17, 15) is 4.79 Å². The minimum Gasteiger partial charge on any atom is -0.494 e. The van der Waals surface area contributed by atoms with Gasteiger partial charge in [0, 0.05) is 12.5 Å². The summed E-state index contributed by atoms with van der Waals surface area (Å²) in [5.74, 6) is 0.595. The minimum atomic E-state index is -0.662. The summed E-state index contributed by atoms with van der Waals surface area (Å²) in [6.45, 7) is 2.36. The molecular weight excluding hydrogens is 242 g/mol. The van der Waals surface area contributed by atoms with Crippen molar-refractivity contribution in [1.29, 1.82) is 0 Å². The number of hydrogen-bond acceptors (Lipinski definition) is 4. The Labute approximate surface area is 114 Å². The molecule has 0 aromatic heterocycles. The summed E-state index contributed by atoms with van der Waals surface area (Å²) in [6.07, 6.45) is 2.85. The molecule has 0 bridgehead atoms. The Morgan fingerprint density at radius 2 is 2.05 bits per heavy atom. The van der Waals surface area contributed by atoms with Crippen LogP contribution in [0.1, 0.15) is 26.2 Å². The topological polar surface area (TPSA) is 47.6 Å². The summed E-state index contributed by atoms with van der Waals surface area (Å²) in [5.41, 5.74) is -0.662. The van der Waals surface area contributed by atoms with Crippen LogP contribution in [0.3, 0.4) is 0 Å². The third-order valence-corrected chi connectivity index (χ3v) is 3.35. The van der Waals surface area contributed by atoms with Crippen molar-refractivity contribution in [2.45, 2.75) is 37.8 Å². The lowest BCUT2D eigenvalue weighted by atomic mass is 9.98. The molecule has 0 radical (unpaired) electrons. The SMILES string of the molecule is COC(=O)C(C)(CCOc1ccccc1)NC1CC1. The lowest BCUT2D eigenvalue weighted by Crippen LogP contribution is -2.52. The van der Waals surface area contributed by atoms with E-state index in [0.717, 1.165) is 18.6 Å². The zero-order valence-corrected chi connectivity index (χ0v) is 11.5. The van der Waals surface area contributed by atoms with E-state index in [2.05, 4.69) is 5.32 Å². The highest BCUT2D eigenvalue weighted by Crippen LogP contribution is 2.25. The fourth-order valence-electron chi connectivity index (χ4n) is 2.03. The highest BCUT2D eigenvalue weighted by Gasteiger charge is 2.39. The molecule has 4 nitrogen and oxygen atoms in total. The molecule has 0 amide bonds. The molecular formula is C15H21NO3. The quantitative estimate of drug-likeness (QED) is 0.766. The summed E-state index contributed by atoms with van der Waals surface area (Å²) in [7, 11) is 1.42. The molecule has 1 saturated carbocycles. The average Bonchev–Trinajstić information content (AvgIpc) is 3.22.